The first-order valence-corrected chi connectivity index (χ1v) is 5.04. The molecule has 0 saturated heterocycles. The van der Waals surface area contributed by atoms with Gasteiger partial charge in [-0.05, 0) is 5.92 Å². The number of nitrogens with zero attached hydrogens (tertiary/aromatic N) is 1. The van der Waals surface area contributed by atoms with Crippen molar-refractivity contribution in [2.45, 2.75) is 26.3 Å². The summed E-state index contributed by atoms with van der Waals surface area (Å²) in [6.07, 6.45) is 0.922. The molecule has 0 rings (SSSR count). The van der Waals surface area contributed by atoms with Crippen LogP contribution in [0.3, 0.4) is 0 Å². The minimum absolute atomic E-state index is 0.00333. The number of rotatable bonds is 6. The maximum atomic E-state index is 11.7. The molecule has 0 aliphatic rings. The monoisotopic (exact) mass is 202 g/mol. The van der Waals surface area contributed by atoms with Gasteiger partial charge >= 0.3 is 0 Å². The summed E-state index contributed by atoms with van der Waals surface area (Å²) < 4.78 is 4.89. The number of carbonyl (C=O) groups is 1. The van der Waals surface area contributed by atoms with Crippen LogP contribution in [0.5, 0.6) is 0 Å². The third-order valence-corrected chi connectivity index (χ3v) is 2.55. The summed E-state index contributed by atoms with van der Waals surface area (Å²) in [6, 6.07) is -0.387. The zero-order valence-corrected chi connectivity index (χ0v) is 9.62. The first-order chi connectivity index (χ1) is 6.54. The quantitative estimate of drug-likeness (QED) is 0.681. The molecule has 0 bridgehead atoms. The average Bonchev–Trinajstić information content (AvgIpc) is 2.22. The fourth-order valence-electron chi connectivity index (χ4n) is 1.09. The summed E-state index contributed by atoms with van der Waals surface area (Å²) in [4.78, 5) is 13.3. The molecule has 2 atom stereocenters. The largest absolute Gasteiger partial charge is 0.383 e. The lowest BCUT2D eigenvalue weighted by atomic mass is 9.99. The van der Waals surface area contributed by atoms with E-state index < -0.39 is 0 Å². The number of nitrogens with two attached hydrogens (primary N) is 1. The van der Waals surface area contributed by atoms with Crippen molar-refractivity contribution in [3.63, 3.8) is 0 Å². The number of carbonyl (C=O) groups excluding carboxylic acids is 1. The molecule has 4 heteroatoms. The molecule has 0 aromatic carbocycles. The predicted octanol–water partition coefficient (Wildman–Crippen LogP) is 0.465. The Balaban J connectivity index is 4.03. The molecular weight excluding hydrogens is 180 g/mol. The van der Waals surface area contributed by atoms with Gasteiger partial charge in [0.25, 0.3) is 0 Å². The normalized spacial score (nSPS) is 14.9. The molecule has 0 saturated carbocycles. The van der Waals surface area contributed by atoms with Crippen molar-refractivity contribution >= 4 is 5.91 Å². The summed E-state index contributed by atoms with van der Waals surface area (Å²) in [5.41, 5.74) is 5.81. The van der Waals surface area contributed by atoms with Crippen LogP contribution in [0.1, 0.15) is 20.3 Å². The van der Waals surface area contributed by atoms with Gasteiger partial charge in [0.1, 0.15) is 0 Å². The van der Waals surface area contributed by atoms with Crippen molar-refractivity contribution in [3.05, 3.63) is 0 Å². The lowest BCUT2D eigenvalue weighted by Crippen LogP contribution is -2.46. The third-order valence-electron chi connectivity index (χ3n) is 2.55. The SMILES string of the molecule is CCC(C)C(N)C(=O)N(C)CCOC. The van der Waals surface area contributed by atoms with Crippen molar-refractivity contribution in [3.8, 4) is 0 Å². The van der Waals surface area contributed by atoms with Gasteiger partial charge in [0.2, 0.25) is 5.91 Å². The molecule has 84 valence electrons. The van der Waals surface area contributed by atoms with Crippen molar-refractivity contribution < 1.29 is 9.53 Å². The van der Waals surface area contributed by atoms with E-state index in [1.54, 1.807) is 19.1 Å². The molecule has 2 unspecified atom stereocenters. The summed E-state index contributed by atoms with van der Waals surface area (Å²) >= 11 is 0. The molecule has 14 heavy (non-hydrogen) atoms. The van der Waals surface area contributed by atoms with Crippen LogP contribution < -0.4 is 5.73 Å². The van der Waals surface area contributed by atoms with E-state index in [4.69, 9.17) is 10.5 Å². The van der Waals surface area contributed by atoms with Crippen LogP contribution in [0.2, 0.25) is 0 Å². The minimum Gasteiger partial charge on any atom is -0.383 e. The predicted molar refractivity (Wildman–Crippen MR) is 56.9 cm³/mol. The summed E-state index contributed by atoms with van der Waals surface area (Å²) in [7, 11) is 3.37. The van der Waals surface area contributed by atoms with Crippen LogP contribution in [0.4, 0.5) is 0 Å². The second kappa shape index (κ2) is 6.79. The number of methoxy groups -OCH3 is 1. The standard InChI is InChI=1S/C10H22N2O2/c1-5-8(2)9(11)10(13)12(3)6-7-14-4/h8-9H,5-7,11H2,1-4H3. The highest BCUT2D eigenvalue weighted by atomic mass is 16.5. The molecule has 0 aliphatic carbocycles. The molecular formula is C10H22N2O2. The number of likely N-dealkylation sites (N-methyl/N-ethyl adjacent to an activating group) is 1. The fraction of sp³-hybridized carbons (Fsp3) is 0.900. The van der Waals surface area contributed by atoms with E-state index in [0.717, 1.165) is 6.42 Å². The molecule has 4 nitrogen and oxygen atoms in total. The van der Waals surface area contributed by atoms with Crippen LogP contribution >= 0.6 is 0 Å². The van der Waals surface area contributed by atoms with Crippen molar-refractivity contribution in [2.24, 2.45) is 11.7 Å². The van der Waals surface area contributed by atoms with Crippen LogP contribution in [-0.4, -0.2) is 44.2 Å². The number of hydrogen-bond acceptors (Lipinski definition) is 3. The Kier molecular flexibility index (Phi) is 6.49. The fourth-order valence-corrected chi connectivity index (χ4v) is 1.09. The molecule has 0 aromatic rings. The molecule has 0 heterocycles. The van der Waals surface area contributed by atoms with Crippen LogP contribution in [-0.2, 0) is 9.53 Å². The lowest BCUT2D eigenvalue weighted by molar-refractivity contribution is -0.132. The number of hydrogen-bond donors (Lipinski definition) is 1. The van der Waals surface area contributed by atoms with E-state index in [1.165, 1.54) is 0 Å². The van der Waals surface area contributed by atoms with Gasteiger partial charge in [-0.15, -0.1) is 0 Å². The zero-order valence-electron chi connectivity index (χ0n) is 9.62. The summed E-state index contributed by atoms with van der Waals surface area (Å²) in [5, 5.41) is 0. The smallest absolute Gasteiger partial charge is 0.239 e. The van der Waals surface area contributed by atoms with Gasteiger partial charge in [-0.2, -0.15) is 0 Å². The zero-order chi connectivity index (χ0) is 11.1. The molecule has 0 spiro atoms. The first-order valence-electron chi connectivity index (χ1n) is 5.04. The maximum Gasteiger partial charge on any atom is 0.239 e. The van der Waals surface area contributed by atoms with Gasteiger partial charge in [-0.1, -0.05) is 20.3 Å². The Bertz CT molecular complexity index is 174. The molecule has 0 fully saturated rings. The third kappa shape index (κ3) is 4.07. The molecule has 1 amide bonds. The van der Waals surface area contributed by atoms with E-state index >= 15 is 0 Å². The second-order valence-corrected chi connectivity index (χ2v) is 3.66. The average molecular weight is 202 g/mol. The maximum absolute atomic E-state index is 11.7. The number of amides is 1. The van der Waals surface area contributed by atoms with Crippen LogP contribution in [0.15, 0.2) is 0 Å². The van der Waals surface area contributed by atoms with E-state index in [-0.39, 0.29) is 17.9 Å². The van der Waals surface area contributed by atoms with E-state index in [0.29, 0.717) is 13.2 Å². The summed E-state index contributed by atoms with van der Waals surface area (Å²) in [6.45, 7) is 5.18. The van der Waals surface area contributed by atoms with E-state index in [2.05, 4.69) is 0 Å². The van der Waals surface area contributed by atoms with Crippen molar-refractivity contribution in [2.75, 3.05) is 27.3 Å². The highest BCUT2D eigenvalue weighted by Crippen LogP contribution is 2.07. The van der Waals surface area contributed by atoms with Gasteiger partial charge in [-0.25, -0.2) is 0 Å². The molecule has 0 radical (unpaired) electrons. The summed E-state index contributed by atoms with van der Waals surface area (Å²) in [5.74, 6) is 0.226. The molecule has 2 N–H and O–H groups in total. The Morgan fingerprint density at radius 3 is 2.57 bits per heavy atom. The van der Waals surface area contributed by atoms with Gasteiger partial charge in [0.15, 0.2) is 0 Å². The van der Waals surface area contributed by atoms with Crippen LogP contribution in [0, 0.1) is 5.92 Å². The minimum atomic E-state index is -0.387. The van der Waals surface area contributed by atoms with Crippen LogP contribution in [0.25, 0.3) is 0 Å². The Morgan fingerprint density at radius 1 is 1.57 bits per heavy atom. The highest BCUT2D eigenvalue weighted by molar-refractivity contribution is 5.81. The second-order valence-electron chi connectivity index (χ2n) is 3.66. The van der Waals surface area contributed by atoms with Gasteiger partial charge in [0.05, 0.1) is 12.6 Å². The van der Waals surface area contributed by atoms with E-state index in [1.807, 2.05) is 13.8 Å². The molecule has 0 aromatic heterocycles. The lowest BCUT2D eigenvalue weighted by Gasteiger charge is -2.24. The van der Waals surface area contributed by atoms with Gasteiger partial charge < -0.3 is 15.4 Å². The topological polar surface area (TPSA) is 55.6 Å². The Morgan fingerprint density at radius 2 is 2.14 bits per heavy atom. The van der Waals surface area contributed by atoms with Crippen molar-refractivity contribution in [1.29, 1.82) is 0 Å². The van der Waals surface area contributed by atoms with Gasteiger partial charge in [-0.3, -0.25) is 4.79 Å². The Labute approximate surface area is 86.4 Å². The number of ether oxygens (including phenoxy) is 1. The van der Waals surface area contributed by atoms with E-state index in [9.17, 15) is 4.79 Å². The molecule has 0 aliphatic heterocycles. The van der Waals surface area contributed by atoms with Gasteiger partial charge in [0, 0.05) is 20.7 Å². The van der Waals surface area contributed by atoms with Crippen molar-refractivity contribution in [1.82, 2.24) is 4.90 Å². The first kappa shape index (κ1) is 13.4. The highest BCUT2D eigenvalue weighted by Gasteiger charge is 2.22. The Hall–Kier alpha value is -0.610.